The topological polar surface area (TPSA) is 77.8 Å². The highest BCUT2D eigenvalue weighted by Crippen LogP contribution is 2.35. The zero-order valence-electron chi connectivity index (χ0n) is 16.0. The van der Waals surface area contributed by atoms with E-state index < -0.39 is 29.7 Å². The minimum Gasteiger partial charge on any atom is -0.336 e. The van der Waals surface area contributed by atoms with E-state index in [1.807, 2.05) is 18.2 Å². The van der Waals surface area contributed by atoms with Crippen LogP contribution in [0.1, 0.15) is 30.1 Å². The van der Waals surface area contributed by atoms with Gasteiger partial charge in [-0.15, -0.1) is 0 Å². The molecule has 0 bridgehead atoms. The molecule has 1 saturated carbocycles. The van der Waals surface area contributed by atoms with E-state index in [4.69, 9.17) is 0 Å². The number of nitrogens with one attached hydrogen (secondary N) is 2. The number of halogens is 3. The Morgan fingerprint density at radius 1 is 1.20 bits per heavy atom. The van der Waals surface area contributed by atoms with Crippen LogP contribution in [0, 0.1) is 11.3 Å². The summed E-state index contributed by atoms with van der Waals surface area (Å²) in [6, 6.07) is 11.7. The molecule has 1 aliphatic rings. The van der Waals surface area contributed by atoms with Crippen LogP contribution in [0.15, 0.2) is 54.7 Å². The quantitative estimate of drug-likeness (QED) is 0.629. The molecule has 9 heteroatoms. The standard InChI is InChI=1S/C21H21F3N4OS/c22-21(23,24)18(15-6-2-1-3-7-15)27-17(19(29)28-20(14-25)9-10-20)13-30-12-16-8-4-5-11-26-16/h1-8,11,17-18,27H,9-10,12-13H2,(H,28,29)/t17-,18-/m0/s1. The first kappa shape index (κ1) is 22.1. The van der Waals surface area contributed by atoms with Crippen molar-refractivity contribution < 1.29 is 18.0 Å². The Bertz CT molecular complexity index is 883. The second-order valence-electron chi connectivity index (χ2n) is 7.12. The lowest BCUT2D eigenvalue weighted by Gasteiger charge is -2.28. The van der Waals surface area contributed by atoms with Crippen LogP contribution in [0.2, 0.25) is 0 Å². The largest absolute Gasteiger partial charge is 0.407 e. The van der Waals surface area contributed by atoms with Crippen molar-refractivity contribution in [2.45, 2.75) is 42.4 Å². The fourth-order valence-corrected chi connectivity index (χ4v) is 3.88. The molecular weight excluding hydrogens is 413 g/mol. The van der Waals surface area contributed by atoms with E-state index >= 15 is 0 Å². The number of hydrogen-bond acceptors (Lipinski definition) is 5. The van der Waals surface area contributed by atoms with E-state index in [1.165, 1.54) is 36.0 Å². The highest BCUT2D eigenvalue weighted by Gasteiger charge is 2.47. The fourth-order valence-electron chi connectivity index (χ4n) is 2.90. The number of hydrogen-bond donors (Lipinski definition) is 2. The smallest absolute Gasteiger partial charge is 0.336 e. The molecule has 2 atom stereocenters. The predicted octanol–water partition coefficient (Wildman–Crippen LogP) is 3.75. The van der Waals surface area contributed by atoms with Crippen molar-refractivity contribution in [2.75, 3.05) is 5.75 Å². The monoisotopic (exact) mass is 434 g/mol. The van der Waals surface area contributed by atoms with Crippen LogP contribution < -0.4 is 10.6 Å². The van der Waals surface area contributed by atoms with Crippen molar-refractivity contribution in [3.05, 3.63) is 66.0 Å². The van der Waals surface area contributed by atoms with Crippen molar-refractivity contribution in [1.82, 2.24) is 15.6 Å². The molecule has 2 N–H and O–H groups in total. The molecule has 0 saturated heterocycles. The number of nitrogens with zero attached hydrogens (tertiary/aromatic N) is 2. The van der Waals surface area contributed by atoms with E-state index in [1.54, 1.807) is 18.3 Å². The lowest BCUT2D eigenvalue weighted by atomic mass is 10.1. The summed E-state index contributed by atoms with van der Waals surface area (Å²) in [5.74, 6) is -0.0473. The van der Waals surface area contributed by atoms with Crippen molar-refractivity contribution in [3.63, 3.8) is 0 Å². The van der Waals surface area contributed by atoms with Crippen LogP contribution in [-0.4, -0.2) is 34.4 Å². The first-order valence-electron chi connectivity index (χ1n) is 9.42. The van der Waals surface area contributed by atoms with Gasteiger partial charge in [0.15, 0.2) is 0 Å². The minimum absolute atomic E-state index is 0.0268. The lowest BCUT2D eigenvalue weighted by Crippen LogP contribution is -2.52. The van der Waals surface area contributed by atoms with Crippen molar-refractivity contribution >= 4 is 17.7 Å². The average molecular weight is 434 g/mol. The van der Waals surface area contributed by atoms with Crippen LogP contribution in [0.5, 0.6) is 0 Å². The van der Waals surface area contributed by atoms with Gasteiger partial charge in [-0.2, -0.15) is 30.2 Å². The molecule has 158 valence electrons. The van der Waals surface area contributed by atoms with Gasteiger partial charge < -0.3 is 5.32 Å². The molecule has 3 rings (SSSR count). The Morgan fingerprint density at radius 2 is 1.90 bits per heavy atom. The fraction of sp³-hybridized carbons (Fsp3) is 0.381. The number of carbonyl (C=O) groups is 1. The third-order valence-electron chi connectivity index (χ3n) is 4.73. The zero-order valence-corrected chi connectivity index (χ0v) is 16.8. The van der Waals surface area contributed by atoms with Crippen molar-refractivity contribution in [1.29, 1.82) is 5.26 Å². The van der Waals surface area contributed by atoms with Gasteiger partial charge in [-0.05, 0) is 30.5 Å². The number of thioether (sulfide) groups is 1. The van der Waals surface area contributed by atoms with Crippen LogP contribution in [-0.2, 0) is 10.5 Å². The molecule has 1 aliphatic carbocycles. The summed E-state index contributed by atoms with van der Waals surface area (Å²) in [4.78, 5) is 17.0. The Kier molecular flexibility index (Phi) is 7.00. The highest BCUT2D eigenvalue weighted by molar-refractivity contribution is 7.98. The molecule has 1 heterocycles. The number of benzene rings is 1. The SMILES string of the molecule is N#CC1(NC(=O)[C@H](CSCc2ccccn2)N[C@@H](c2ccccc2)C(F)(F)F)CC1. The second-order valence-corrected chi connectivity index (χ2v) is 8.15. The summed E-state index contributed by atoms with van der Waals surface area (Å²) in [6.45, 7) is 0. The predicted molar refractivity (Wildman–Crippen MR) is 108 cm³/mol. The molecule has 2 aromatic rings. The summed E-state index contributed by atoms with van der Waals surface area (Å²) in [5.41, 5.74) is -0.157. The molecule has 30 heavy (non-hydrogen) atoms. The summed E-state index contributed by atoms with van der Waals surface area (Å²) < 4.78 is 41.3. The van der Waals surface area contributed by atoms with Gasteiger partial charge in [0.05, 0.1) is 17.8 Å². The van der Waals surface area contributed by atoms with Gasteiger partial charge >= 0.3 is 6.18 Å². The van der Waals surface area contributed by atoms with Crippen LogP contribution in [0.3, 0.4) is 0 Å². The normalized spacial score (nSPS) is 16.9. The molecule has 1 aromatic carbocycles. The maximum atomic E-state index is 13.8. The van der Waals surface area contributed by atoms with Gasteiger partial charge in [-0.3, -0.25) is 15.1 Å². The van der Waals surface area contributed by atoms with Gasteiger partial charge in [-0.25, -0.2) is 0 Å². The highest BCUT2D eigenvalue weighted by atomic mass is 32.2. The Hall–Kier alpha value is -2.57. The van der Waals surface area contributed by atoms with Gasteiger partial charge in [-0.1, -0.05) is 36.4 Å². The van der Waals surface area contributed by atoms with E-state index in [0.29, 0.717) is 18.6 Å². The van der Waals surface area contributed by atoms with Crippen molar-refractivity contribution in [3.8, 4) is 6.07 Å². The lowest BCUT2D eigenvalue weighted by molar-refractivity contribution is -0.160. The summed E-state index contributed by atoms with van der Waals surface area (Å²) >= 11 is 1.31. The van der Waals surface area contributed by atoms with E-state index in [9.17, 15) is 23.2 Å². The summed E-state index contributed by atoms with van der Waals surface area (Å²) in [5, 5.41) is 14.3. The Labute approximate surface area is 177 Å². The van der Waals surface area contributed by atoms with Gasteiger partial charge in [0.25, 0.3) is 0 Å². The molecule has 0 unspecified atom stereocenters. The molecule has 1 aromatic heterocycles. The van der Waals surface area contributed by atoms with Gasteiger partial charge in [0.2, 0.25) is 5.91 Å². The Balaban J connectivity index is 1.74. The van der Waals surface area contributed by atoms with E-state index in [2.05, 4.69) is 15.6 Å². The number of aromatic nitrogens is 1. The molecule has 5 nitrogen and oxygen atoms in total. The average Bonchev–Trinajstić information content (AvgIpc) is 3.51. The van der Waals surface area contributed by atoms with Crippen LogP contribution in [0.4, 0.5) is 13.2 Å². The number of nitriles is 1. The molecule has 0 radical (unpaired) electrons. The van der Waals surface area contributed by atoms with Crippen LogP contribution in [0.25, 0.3) is 0 Å². The number of carbonyl (C=O) groups excluding carboxylic acids is 1. The second kappa shape index (κ2) is 9.49. The third kappa shape index (κ3) is 5.97. The Morgan fingerprint density at radius 3 is 2.47 bits per heavy atom. The zero-order chi connectivity index (χ0) is 21.6. The number of alkyl halides is 3. The number of amides is 1. The molecule has 0 aliphatic heterocycles. The first-order valence-corrected chi connectivity index (χ1v) is 10.6. The number of pyridine rings is 1. The maximum Gasteiger partial charge on any atom is 0.407 e. The third-order valence-corrected chi connectivity index (χ3v) is 5.80. The molecule has 0 spiro atoms. The molecule has 1 fully saturated rings. The van der Waals surface area contributed by atoms with Gasteiger partial charge in [0, 0.05) is 17.7 Å². The van der Waals surface area contributed by atoms with Gasteiger partial charge in [0.1, 0.15) is 11.6 Å². The van der Waals surface area contributed by atoms with Crippen LogP contribution >= 0.6 is 11.8 Å². The van der Waals surface area contributed by atoms with E-state index in [-0.39, 0.29) is 11.3 Å². The molecular formula is C21H21F3N4OS. The summed E-state index contributed by atoms with van der Waals surface area (Å²) in [7, 11) is 0. The summed E-state index contributed by atoms with van der Waals surface area (Å²) in [6.07, 6.45) is -1.94. The van der Waals surface area contributed by atoms with Crippen molar-refractivity contribution in [2.24, 2.45) is 0 Å². The van der Waals surface area contributed by atoms with E-state index in [0.717, 1.165) is 5.69 Å². The minimum atomic E-state index is -4.59. The maximum absolute atomic E-state index is 13.8. The first-order chi connectivity index (χ1) is 14.3. The molecule has 1 amide bonds. The number of rotatable bonds is 9.